The molecule has 1 atom stereocenters. The van der Waals surface area contributed by atoms with Crippen LogP contribution in [0.15, 0.2) is 12.4 Å². The second kappa shape index (κ2) is 4.44. The Morgan fingerprint density at radius 2 is 2.67 bits per heavy atom. The summed E-state index contributed by atoms with van der Waals surface area (Å²) in [6.07, 6.45) is 6.26. The Kier molecular flexibility index (Phi) is 3.01. The van der Waals surface area contributed by atoms with Crippen molar-refractivity contribution in [3.63, 3.8) is 0 Å². The van der Waals surface area contributed by atoms with Gasteiger partial charge >= 0.3 is 0 Å². The lowest BCUT2D eigenvalue weighted by atomic mass is 10.1. The van der Waals surface area contributed by atoms with E-state index in [4.69, 9.17) is 0 Å². The van der Waals surface area contributed by atoms with E-state index in [2.05, 4.69) is 15.7 Å². The van der Waals surface area contributed by atoms with E-state index in [9.17, 15) is 4.79 Å². The van der Waals surface area contributed by atoms with Crippen LogP contribution in [0.1, 0.15) is 19.3 Å². The molecule has 0 radical (unpaired) electrons. The van der Waals surface area contributed by atoms with Gasteiger partial charge in [0.2, 0.25) is 5.91 Å². The van der Waals surface area contributed by atoms with Gasteiger partial charge in [-0.05, 0) is 19.4 Å². The molecule has 0 aromatic carbocycles. The van der Waals surface area contributed by atoms with Crippen molar-refractivity contribution in [2.24, 2.45) is 7.05 Å². The topological polar surface area (TPSA) is 59.0 Å². The van der Waals surface area contributed by atoms with Gasteiger partial charge in [0, 0.05) is 25.7 Å². The smallest absolute Gasteiger partial charge is 0.226 e. The third-order valence-electron chi connectivity index (χ3n) is 2.58. The van der Waals surface area contributed by atoms with E-state index in [1.165, 1.54) is 6.42 Å². The summed E-state index contributed by atoms with van der Waals surface area (Å²) < 4.78 is 1.67. The molecular formula is C10H16N4O. The molecule has 0 aliphatic carbocycles. The predicted octanol–water partition coefficient (Wildman–Crippen LogP) is 0.501. The van der Waals surface area contributed by atoms with Crippen molar-refractivity contribution >= 4 is 11.6 Å². The van der Waals surface area contributed by atoms with Crippen LogP contribution in [0.2, 0.25) is 0 Å². The molecule has 1 aliphatic rings. The molecule has 82 valence electrons. The maximum atomic E-state index is 11.6. The van der Waals surface area contributed by atoms with Crippen molar-refractivity contribution < 1.29 is 4.79 Å². The maximum Gasteiger partial charge on any atom is 0.226 e. The third kappa shape index (κ3) is 2.79. The number of amides is 1. The normalized spacial score (nSPS) is 20.5. The molecule has 1 unspecified atom stereocenters. The van der Waals surface area contributed by atoms with Crippen molar-refractivity contribution in [3.05, 3.63) is 12.4 Å². The molecule has 1 aliphatic heterocycles. The van der Waals surface area contributed by atoms with E-state index >= 15 is 0 Å². The minimum absolute atomic E-state index is 0.0578. The van der Waals surface area contributed by atoms with Gasteiger partial charge in [-0.3, -0.25) is 9.48 Å². The number of carbonyl (C=O) groups excluding carboxylic acids is 1. The fourth-order valence-corrected chi connectivity index (χ4v) is 1.85. The summed E-state index contributed by atoms with van der Waals surface area (Å²) in [4.78, 5) is 11.6. The minimum Gasteiger partial charge on any atom is -0.323 e. The molecule has 0 saturated carbocycles. The van der Waals surface area contributed by atoms with Crippen LogP contribution in [-0.2, 0) is 11.8 Å². The highest BCUT2D eigenvalue weighted by molar-refractivity contribution is 5.90. The van der Waals surface area contributed by atoms with Gasteiger partial charge < -0.3 is 10.6 Å². The quantitative estimate of drug-likeness (QED) is 0.760. The largest absolute Gasteiger partial charge is 0.323 e. The third-order valence-corrected chi connectivity index (χ3v) is 2.58. The zero-order valence-electron chi connectivity index (χ0n) is 8.86. The SMILES string of the molecule is Cn1cc(NC(=O)CC2CCCN2)cn1. The summed E-state index contributed by atoms with van der Waals surface area (Å²) in [6.45, 7) is 1.03. The molecule has 15 heavy (non-hydrogen) atoms. The van der Waals surface area contributed by atoms with Crippen LogP contribution >= 0.6 is 0 Å². The van der Waals surface area contributed by atoms with E-state index in [-0.39, 0.29) is 5.91 Å². The van der Waals surface area contributed by atoms with Gasteiger partial charge in [-0.15, -0.1) is 0 Å². The number of carbonyl (C=O) groups is 1. The second-order valence-corrected chi connectivity index (χ2v) is 3.95. The van der Waals surface area contributed by atoms with Gasteiger partial charge in [-0.1, -0.05) is 0 Å². The molecule has 0 bridgehead atoms. The lowest BCUT2D eigenvalue weighted by molar-refractivity contribution is -0.116. The van der Waals surface area contributed by atoms with Crippen LogP contribution in [0.25, 0.3) is 0 Å². The zero-order chi connectivity index (χ0) is 10.7. The highest BCUT2D eigenvalue weighted by atomic mass is 16.1. The van der Waals surface area contributed by atoms with Crippen LogP contribution in [-0.4, -0.2) is 28.3 Å². The highest BCUT2D eigenvalue weighted by Crippen LogP contribution is 2.10. The van der Waals surface area contributed by atoms with E-state index in [0.717, 1.165) is 18.7 Å². The van der Waals surface area contributed by atoms with Crippen molar-refractivity contribution in [3.8, 4) is 0 Å². The van der Waals surface area contributed by atoms with Crippen molar-refractivity contribution in [1.82, 2.24) is 15.1 Å². The van der Waals surface area contributed by atoms with E-state index in [1.54, 1.807) is 17.1 Å². The first-order valence-corrected chi connectivity index (χ1v) is 5.26. The Morgan fingerprint density at radius 3 is 3.27 bits per heavy atom. The van der Waals surface area contributed by atoms with E-state index in [0.29, 0.717) is 12.5 Å². The average molecular weight is 208 g/mol. The number of aromatic nitrogens is 2. The molecule has 2 N–H and O–H groups in total. The Labute approximate surface area is 88.8 Å². The molecule has 1 saturated heterocycles. The van der Waals surface area contributed by atoms with Crippen molar-refractivity contribution in [2.45, 2.75) is 25.3 Å². The molecule has 2 rings (SSSR count). The number of anilines is 1. The highest BCUT2D eigenvalue weighted by Gasteiger charge is 2.17. The van der Waals surface area contributed by atoms with Gasteiger partial charge in [-0.2, -0.15) is 5.10 Å². The number of aryl methyl sites for hydroxylation is 1. The molecule has 0 spiro atoms. The first-order valence-electron chi connectivity index (χ1n) is 5.26. The van der Waals surface area contributed by atoms with Crippen LogP contribution in [0.5, 0.6) is 0 Å². The predicted molar refractivity (Wildman–Crippen MR) is 57.5 cm³/mol. The fourth-order valence-electron chi connectivity index (χ4n) is 1.85. The van der Waals surface area contributed by atoms with Crippen LogP contribution in [0.3, 0.4) is 0 Å². The van der Waals surface area contributed by atoms with Gasteiger partial charge in [-0.25, -0.2) is 0 Å². The lowest BCUT2D eigenvalue weighted by Crippen LogP contribution is -2.27. The molecule has 1 fully saturated rings. The molecule has 5 heteroatoms. The molecule has 1 aromatic rings. The van der Waals surface area contributed by atoms with Crippen molar-refractivity contribution in [2.75, 3.05) is 11.9 Å². The van der Waals surface area contributed by atoms with E-state index in [1.807, 2.05) is 7.05 Å². The summed E-state index contributed by atoms with van der Waals surface area (Å²) in [7, 11) is 1.83. The fraction of sp³-hybridized carbons (Fsp3) is 0.600. The molecular weight excluding hydrogens is 192 g/mol. The zero-order valence-corrected chi connectivity index (χ0v) is 8.86. The average Bonchev–Trinajstić information content (AvgIpc) is 2.77. The minimum atomic E-state index is 0.0578. The number of nitrogens with one attached hydrogen (secondary N) is 2. The summed E-state index contributed by atoms with van der Waals surface area (Å²) >= 11 is 0. The Balaban J connectivity index is 1.81. The van der Waals surface area contributed by atoms with E-state index < -0.39 is 0 Å². The van der Waals surface area contributed by atoms with Gasteiger partial charge in [0.05, 0.1) is 11.9 Å². The van der Waals surface area contributed by atoms with Gasteiger partial charge in [0.25, 0.3) is 0 Å². The first kappa shape index (κ1) is 10.2. The van der Waals surface area contributed by atoms with Crippen LogP contribution < -0.4 is 10.6 Å². The van der Waals surface area contributed by atoms with Crippen LogP contribution in [0, 0.1) is 0 Å². The number of hydrogen-bond donors (Lipinski definition) is 2. The summed E-state index contributed by atoms with van der Waals surface area (Å²) in [5, 5.41) is 10.1. The monoisotopic (exact) mass is 208 g/mol. The Hall–Kier alpha value is -1.36. The standard InChI is InChI=1S/C10H16N4O/c1-14-7-9(6-12-14)13-10(15)5-8-3-2-4-11-8/h6-8,11H,2-5H2,1H3,(H,13,15). The summed E-state index contributed by atoms with van der Waals surface area (Å²) in [6, 6.07) is 0.349. The summed E-state index contributed by atoms with van der Waals surface area (Å²) in [5.41, 5.74) is 0.764. The number of nitrogens with zero attached hydrogens (tertiary/aromatic N) is 2. The molecule has 1 amide bonds. The first-order chi connectivity index (χ1) is 7.24. The number of hydrogen-bond acceptors (Lipinski definition) is 3. The molecule has 5 nitrogen and oxygen atoms in total. The Morgan fingerprint density at radius 1 is 1.80 bits per heavy atom. The maximum absolute atomic E-state index is 11.6. The van der Waals surface area contributed by atoms with Crippen molar-refractivity contribution in [1.29, 1.82) is 0 Å². The Bertz CT molecular complexity index is 341. The summed E-state index contributed by atoms with van der Waals surface area (Å²) in [5.74, 6) is 0.0578. The van der Waals surface area contributed by atoms with Gasteiger partial charge in [0.15, 0.2) is 0 Å². The van der Waals surface area contributed by atoms with Gasteiger partial charge in [0.1, 0.15) is 0 Å². The lowest BCUT2D eigenvalue weighted by Gasteiger charge is -2.08. The second-order valence-electron chi connectivity index (χ2n) is 3.95. The molecule has 2 heterocycles. The number of rotatable bonds is 3. The van der Waals surface area contributed by atoms with Crippen LogP contribution in [0.4, 0.5) is 5.69 Å². The molecule has 1 aromatic heterocycles.